The van der Waals surface area contributed by atoms with Crippen LogP contribution >= 0.6 is 0 Å². The maximum Gasteiger partial charge on any atom is 0.225 e. The third kappa shape index (κ3) is 4.02. The van der Waals surface area contributed by atoms with Gasteiger partial charge in [-0.3, -0.25) is 9.59 Å². The monoisotopic (exact) mass is 308 g/mol. The van der Waals surface area contributed by atoms with Crippen molar-refractivity contribution >= 4 is 11.8 Å². The molecule has 0 aliphatic carbocycles. The van der Waals surface area contributed by atoms with Crippen molar-refractivity contribution in [2.45, 2.75) is 59.3 Å². The number of amides is 2. The highest BCUT2D eigenvalue weighted by Crippen LogP contribution is 2.25. The lowest BCUT2D eigenvalue weighted by molar-refractivity contribution is -0.143. The van der Waals surface area contributed by atoms with Crippen molar-refractivity contribution in [1.82, 2.24) is 9.80 Å². The molecule has 2 saturated heterocycles. The molecule has 2 fully saturated rings. The number of piperidine rings is 2. The molecule has 4 heteroatoms. The summed E-state index contributed by atoms with van der Waals surface area (Å²) in [5.74, 6) is 1.56. The van der Waals surface area contributed by atoms with Crippen LogP contribution in [0.5, 0.6) is 0 Å². The van der Waals surface area contributed by atoms with Crippen LogP contribution in [0.2, 0.25) is 0 Å². The maximum atomic E-state index is 12.6. The van der Waals surface area contributed by atoms with Crippen LogP contribution in [0.3, 0.4) is 0 Å². The first-order valence-corrected chi connectivity index (χ1v) is 9.14. The lowest BCUT2D eigenvalue weighted by Crippen LogP contribution is -2.47. The highest BCUT2D eigenvalue weighted by atomic mass is 16.2. The highest BCUT2D eigenvalue weighted by Gasteiger charge is 2.32. The molecule has 126 valence electrons. The van der Waals surface area contributed by atoms with Gasteiger partial charge in [0, 0.05) is 38.0 Å². The first-order chi connectivity index (χ1) is 10.6. The van der Waals surface area contributed by atoms with Crippen molar-refractivity contribution in [1.29, 1.82) is 0 Å². The van der Waals surface area contributed by atoms with E-state index in [2.05, 4.69) is 25.7 Å². The van der Waals surface area contributed by atoms with E-state index in [4.69, 9.17) is 0 Å². The maximum absolute atomic E-state index is 12.6. The molecule has 22 heavy (non-hydrogen) atoms. The van der Waals surface area contributed by atoms with Gasteiger partial charge < -0.3 is 9.80 Å². The molecule has 0 saturated carbocycles. The Morgan fingerprint density at radius 3 is 2.18 bits per heavy atom. The Balaban J connectivity index is 1.83. The van der Waals surface area contributed by atoms with Crippen LogP contribution < -0.4 is 0 Å². The molecule has 0 spiro atoms. The minimum absolute atomic E-state index is 0.135. The molecular formula is C18H32N2O2. The second kappa shape index (κ2) is 7.98. The molecule has 1 atom stereocenters. The van der Waals surface area contributed by atoms with E-state index in [0.29, 0.717) is 17.7 Å². The molecule has 0 bridgehead atoms. The molecular weight excluding hydrogens is 276 g/mol. The van der Waals surface area contributed by atoms with Crippen molar-refractivity contribution in [3.05, 3.63) is 0 Å². The Kier molecular flexibility index (Phi) is 6.27. The van der Waals surface area contributed by atoms with Crippen LogP contribution in [0.4, 0.5) is 0 Å². The number of hydrogen-bond donors (Lipinski definition) is 0. The minimum atomic E-state index is 0.135. The normalized spacial score (nSPS) is 23.9. The van der Waals surface area contributed by atoms with E-state index in [1.54, 1.807) is 0 Å². The number of carbonyl (C=O) groups excluding carboxylic acids is 2. The third-order valence-corrected chi connectivity index (χ3v) is 5.46. The number of rotatable bonds is 4. The summed E-state index contributed by atoms with van der Waals surface area (Å²) in [5.41, 5.74) is 0. The smallest absolute Gasteiger partial charge is 0.225 e. The molecule has 2 amide bonds. The second-order valence-electron chi connectivity index (χ2n) is 7.14. The topological polar surface area (TPSA) is 40.6 Å². The van der Waals surface area contributed by atoms with Gasteiger partial charge in [0.2, 0.25) is 11.8 Å². The minimum Gasteiger partial charge on any atom is -0.342 e. The third-order valence-electron chi connectivity index (χ3n) is 5.46. The fraction of sp³-hybridized carbons (Fsp3) is 0.889. The van der Waals surface area contributed by atoms with E-state index in [1.807, 2.05) is 4.90 Å². The lowest BCUT2D eigenvalue weighted by Gasteiger charge is -2.37. The highest BCUT2D eigenvalue weighted by molar-refractivity contribution is 5.81. The van der Waals surface area contributed by atoms with E-state index < -0.39 is 0 Å². The van der Waals surface area contributed by atoms with Gasteiger partial charge in [-0.25, -0.2) is 0 Å². The number of likely N-dealkylation sites (tertiary alicyclic amines) is 2. The average molecular weight is 308 g/mol. The van der Waals surface area contributed by atoms with Crippen LogP contribution in [0, 0.1) is 17.8 Å². The Labute approximate surface area is 135 Å². The van der Waals surface area contributed by atoms with E-state index in [0.717, 1.165) is 58.3 Å². The summed E-state index contributed by atoms with van der Waals surface area (Å²) in [7, 11) is 0. The molecule has 1 unspecified atom stereocenters. The Morgan fingerprint density at radius 2 is 1.64 bits per heavy atom. The van der Waals surface area contributed by atoms with Crippen molar-refractivity contribution in [3.8, 4) is 0 Å². The Hall–Kier alpha value is -1.06. The van der Waals surface area contributed by atoms with Gasteiger partial charge in [0.1, 0.15) is 0 Å². The summed E-state index contributed by atoms with van der Waals surface area (Å²) >= 11 is 0. The summed E-state index contributed by atoms with van der Waals surface area (Å²) in [6.45, 7) is 9.77. The van der Waals surface area contributed by atoms with E-state index in [-0.39, 0.29) is 11.8 Å². The van der Waals surface area contributed by atoms with Gasteiger partial charge in [-0.1, -0.05) is 20.8 Å². The second-order valence-corrected chi connectivity index (χ2v) is 7.14. The Bertz CT molecular complexity index is 385. The van der Waals surface area contributed by atoms with E-state index in [9.17, 15) is 9.59 Å². The van der Waals surface area contributed by atoms with Crippen molar-refractivity contribution < 1.29 is 9.59 Å². The van der Waals surface area contributed by atoms with Gasteiger partial charge in [0.15, 0.2) is 0 Å². The van der Waals surface area contributed by atoms with Crippen LogP contribution in [0.25, 0.3) is 0 Å². The van der Waals surface area contributed by atoms with Gasteiger partial charge in [-0.2, -0.15) is 0 Å². The SMILES string of the molecule is CCC(CC)C(=O)N1CCC(C(=O)N2CCCC(C)C2)CC1. The molecule has 4 nitrogen and oxygen atoms in total. The molecule has 0 aromatic heterocycles. The summed E-state index contributed by atoms with van der Waals surface area (Å²) < 4.78 is 0. The summed E-state index contributed by atoms with van der Waals surface area (Å²) in [6.07, 6.45) is 5.90. The molecule has 2 aliphatic heterocycles. The molecule has 0 radical (unpaired) electrons. The van der Waals surface area contributed by atoms with Crippen LogP contribution in [-0.4, -0.2) is 47.8 Å². The zero-order chi connectivity index (χ0) is 16.1. The quantitative estimate of drug-likeness (QED) is 0.801. The molecule has 2 rings (SSSR count). The van der Waals surface area contributed by atoms with Gasteiger partial charge in [-0.05, 0) is 44.4 Å². The predicted octanol–water partition coefficient (Wildman–Crippen LogP) is 2.92. The predicted molar refractivity (Wildman–Crippen MR) is 88.4 cm³/mol. The van der Waals surface area contributed by atoms with Crippen molar-refractivity contribution in [2.75, 3.05) is 26.2 Å². The molecule has 2 aliphatic rings. The molecule has 0 N–H and O–H groups in total. The molecule has 0 aromatic carbocycles. The van der Waals surface area contributed by atoms with Crippen molar-refractivity contribution in [3.63, 3.8) is 0 Å². The van der Waals surface area contributed by atoms with Gasteiger partial charge in [-0.15, -0.1) is 0 Å². The van der Waals surface area contributed by atoms with Crippen LogP contribution in [0.15, 0.2) is 0 Å². The largest absolute Gasteiger partial charge is 0.342 e. The van der Waals surface area contributed by atoms with Crippen LogP contribution in [-0.2, 0) is 9.59 Å². The fourth-order valence-corrected chi connectivity index (χ4v) is 3.89. The van der Waals surface area contributed by atoms with Gasteiger partial charge in [0.25, 0.3) is 0 Å². The van der Waals surface area contributed by atoms with Crippen molar-refractivity contribution in [2.24, 2.45) is 17.8 Å². The summed E-state index contributed by atoms with van der Waals surface area (Å²) in [5, 5.41) is 0. The Morgan fingerprint density at radius 1 is 1.00 bits per heavy atom. The first kappa shape index (κ1) is 17.3. The zero-order valence-electron chi connectivity index (χ0n) is 14.5. The molecule has 2 heterocycles. The number of carbonyl (C=O) groups is 2. The number of hydrogen-bond acceptors (Lipinski definition) is 2. The lowest BCUT2D eigenvalue weighted by atomic mass is 9.91. The summed E-state index contributed by atoms with van der Waals surface area (Å²) in [6, 6.07) is 0. The number of nitrogens with zero attached hydrogens (tertiary/aromatic N) is 2. The first-order valence-electron chi connectivity index (χ1n) is 9.14. The summed E-state index contributed by atoms with van der Waals surface area (Å²) in [4.78, 5) is 29.1. The van der Waals surface area contributed by atoms with Gasteiger partial charge >= 0.3 is 0 Å². The van der Waals surface area contributed by atoms with E-state index >= 15 is 0 Å². The standard InChI is InChI=1S/C18H32N2O2/c1-4-15(5-2)17(21)19-11-8-16(9-12-19)18(22)20-10-6-7-14(3)13-20/h14-16H,4-13H2,1-3H3. The van der Waals surface area contributed by atoms with Crippen LogP contribution in [0.1, 0.15) is 59.3 Å². The molecule has 0 aromatic rings. The van der Waals surface area contributed by atoms with Gasteiger partial charge in [0.05, 0.1) is 0 Å². The zero-order valence-corrected chi connectivity index (χ0v) is 14.5. The van der Waals surface area contributed by atoms with E-state index in [1.165, 1.54) is 6.42 Å². The average Bonchev–Trinajstić information content (AvgIpc) is 2.55. The fourth-order valence-electron chi connectivity index (χ4n) is 3.89.